The fraction of sp³-hybridized carbons (Fsp3) is 0.733. The Balaban J connectivity index is 1.51. The molecule has 3 rings (SSSR count). The maximum atomic E-state index is 13.2. The van der Waals surface area contributed by atoms with Gasteiger partial charge in [0.1, 0.15) is 4.75 Å². The van der Waals surface area contributed by atoms with E-state index in [4.69, 9.17) is 0 Å². The van der Waals surface area contributed by atoms with Crippen molar-refractivity contribution in [2.24, 2.45) is 11.8 Å². The van der Waals surface area contributed by atoms with Crippen LogP contribution in [-0.2, 0) is 16.0 Å². The number of hydrogen-bond acceptors (Lipinski definition) is 3. The first-order valence-corrected chi connectivity index (χ1v) is 15.0. The number of hydrogen-bond donors (Lipinski definition) is 2. The lowest BCUT2D eigenvalue weighted by molar-refractivity contribution is -0.138. The third kappa shape index (κ3) is 9.82. The number of rotatable bonds is 13. The molecule has 1 atom stereocenters. The molecule has 35 heavy (non-hydrogen) atoms. The van der Waals surface area contributed by atoms with E-state index in [-0.39, 0.29) is 11.8 Å². The van der Waals surface area contributed by atoms with Gasteiger partial charge >= 0.3 is 5.97 Å². The molecule has 2 saturated carbocycles. The van der Waals surface area contributed by atoms with Gasteiger partial charge in [-0.2, -0.15) is 0 Å². The Hall–Kier alpha value is -1.49. The first kappa shape index (κ1) is 28.1. The number of carbonyl (C=O) groups excluding carboxylic acids is 1. The summed E-state index contributed by atoms with van der Waals surface area (Å²) >= 11 is 1.37. The molecular formula is C30H47NO3S. The van der Waals surface area contributed by atoms with Gasteiger partial charge < -0.3 is 10.4 Å². The Morgan fingerprint density at radius 2 is 1.57 bits per heavy atom. The lowest BCUT2D eigenvalue weighted by atomic mass is 9.85. The van der Waals surface area contributed by atoms with E-state index in [0.29, 0.717) is 6.04 Å². The van der Waals surface area contributed by atoms with Crippen molar-refractivity contribution in [3.05, 3.63) is 29.8 Å². The minimum absolute atomic E-state index is 0.0864. The summed E-state index contributed by atoms with van der Waals surface area (Å²) in [5.41, 5.74) is 1.22. The van der Waals surface area contributed by atoms with Crippen molar-refractivity contribution in [1.29, 1.82) is 0 Å². The van der Waals surface area contributed by atoms with E-state index in [1.807, 2.05) is 12.1 Å². The van der Waals surface area contributed by atoms with Crippen molar-refractivity contribution in [1.82, 2.24) is 5.32 Å². The van der Waals surface area contributed by atoms with Crippen molar-refractivity contribution in [2.45, 2.75) is 132 Å². The highest BCUT2D eigenvalue weighted by Crippen LogP contribution is 2.33. The number of unbranched alkanes of at least 4 members (excludes halogenated alkanes) is 1. The van der Waals surface area contributed by atoms with Gasteiger partial charge in [-0.15, -0.1) is 11.8 Å². The molecule has 1 amide bonds. The van der Waals surface area contributed by atoms with Gasteiger partial charge in [-0.05, 0) is 69.6 Å². The Kier molecular flexibility index (Phi) is 11.5. The molecule has 2 aliphatic rings. The van der Waals surface area contributed by atoms with Crippen molar-refractivity contribution >= 4 is 23.6 Å². The second kappa shape index (κ2) is 14.3. The van der Waals surface area contributed by atoms with Crippen LogP contribution in [0.15, 0.2) is 29.2 Å². The SMILES string of the molecule is CC(C)(Sc1ccc(CCC(CCCCC2CCCCC2)C(=O)NC2CCCCC2)cc1)C(=O)O. The predicted molar refractivity (Wildman–Crippen MR) is 146 cm³/mol. The number of amides is 1. The summed E-state index contributed by atoms with van der Waals surface area (Å²) in [5.74, 6) is 0.468. The van der Waals surface area contributed by atoms with E-state index >= 15 is 0 Å². The van der Waals surface area contributed by atoms with Crippen LogP contribution in [0.5, 0.6) is 0 Å². The highest BCUT2D eigenvalue weighted by molar-refractivity contribution is 8.01. The lowest BCUT2D eigenvalue weighted by Crippen LogP contribution is -2.40. The molecule has 0 spiro atoms. The number of thioether (sulfide) groups is 1. The van der Waals surface area contributed by atoms with E-state index in [9.17, 15) is 14.7 Å². The minimum atomic E-state index is -0.846. The van der Waals surface area contributed by atoms with Crippen molar-refractivity contribution < 1.29 is 14.7 Å². The largest absolute Gasteiger partial charge is 0.480 e. The smallest absolute Gasteiger partial charge is 0.319 e. The van der Waals surface area contributed by atoms with Crippen LogP contribution in [0, 0.1) is 11.8 Å². The molecule has 4 nitrogen and oxygen atoms in total. The molecule has 0 heterocycles. The molecule has 0 bridgehead atoms. The summed E-state index contributed by atoms with van der Waals surface area (Å²) < 4.78 is -0.846. The average Bonchev–Trinajstić information content (AvgIpc) is 2.85. The topological polar surface area (TPSA) is 66.4 Å². The van der Waals surface area contributed by atoms with Gasteiger partial charge in [0.05, 0.1) is 0 Å². The summed E-state index contributed by atoms with van der Waals surface area (Å²) in [6.45, 7) is 3.47. The number of carboxylic acids is 1. The normalized spacial score (nSPS) is 18.8. The Morgan fingerprint density at radius 1 is 0.943 bits per heavy atom. The Bertz CT molecular complexity index is 779. The molecule has 2 N–H and O–H groups in total. The van der Waals surface area contributed by atoms with E-state index in [0.717, 1.165) is 49.3 Å². The van der Waals surface area contributed by atoms with Crippen LogP contribution < -0.4 is 5.32 Å². The monoisotopic (exact) mass is 501 g/mol. The number of carbonyl (C=O) groups is 2. The zero-order chi connectivity index (χ0) is 25.1. The molecule has 0 aromatic heterocycles. The first-order valence-electron chi connectivity index (χ1n) is 14.2. The Labute approximate surface area is 217 Å². The van der Waals surface area contributed by atoms with Crippen molar-refractivity contribution in [3.63, 3.8) is 0 Å². The van der Waals surface area contributed by atoms with Gasteiger partial charge in [0.2, 0.25) is 5.91 Å². The van der Waals surface area contributed by atoms with Gasteiger partial charge in [-0.3, -0.25) is 9.59 Å². The fourth-order valence-corrected chi connectivity index (χ4v) is 6.62. The summed E-state index contributed by atoms with van der Waals surface area (Å²) in [7, 11) is 0. The molecule has 1 unspecified atom stereocenters. The van der Waals surface area contributed by atoms with Gasteiger partial charge in [0, 0.05) is 16.9 Å². The zero-order valence-electron chi connectivity index (χ0n) is 22.0. The third-order valence-corrected chi connectivity index (χ3v) is 9.25. The Morgan fingerprint density at radius 3 is 2.20 bits per heavy atom. The van der Waals surface area contributed by atoms with Crippen LogP contribution in [0.2, 0.25) is 0 Å². The number of aliphatic carboxylic acids is 1. The van der Waals surface area contributed by atoms with E-state index in [2.05, 4.69) is 17.4 Å². The van der Waals surface area contributed by atoms with E-state index in [1.165, 1.54) is 81.5 Å². The number of carboxylic acid groups (broad SMARTS) is 1. The predicted octanol–water partition coefficient (Wildman–Crippen LogP) is 7.78. The number of aryl methyl sites for hydroxylation is 1. The van der Waals surface area contributed by atoms with E-state index in [1.54, 1.807) is 13.8 Å². The second-order valence-corrected chi connectivity index (χ2v) is 13.1. The molecule has 2 aliphatic carbocycles. The summed E-state index contributed by atoms with van der Waals surface area (Å²) in [4.78, 5) is 25.6. The van der Waals surface area contributed by atoms with Gasteiger partial charge in [-0.1, -0.05) is 82.8 Å². The van der Waals surface area contributed by atoms with E-state index < -0.39 is 10.7 Å². The highest BCUT2D eigenvalue weighted by Gasteiger charge is 2.28. The minimum Gasteiger partial charge on any atom is -0.480 e. The van der Waals surface area contributed by atoms with Crippen LogP contribution in [0.1, 0.15) is 116 Å². The highest BCUT2D eigenvalue weighted by atomic mass is 32.2. The van der Waals surface area contributed by atoms with Crippen molar-refractivity contribution in [3.8, 4) is 0 Å². The van der Waals surface area contributed by atoms with Crippen LogP contribution in [0.3, 0.4) is 0 Å². The van der Waals surface area contributed by atoms with Crippen LogP contribution in [0.4, 0.5) is 0 Å². The van der Waals surface area contributed by atoms with Crippen LogP contribution in [-0.4, -0.2) is 27.8 Å². The fourth-order valence-electron chi connectivity index (χ4n) is 5.68. The van der Waals surface area contributed by atoms with Crippen LogP contribution in [0.25, 0.3) is 0 Å². The first-order chi connectivity index (χ1) is 16.8. The van der Waals surface area contributed by atoms with Crippen LogP contribution >= 0.6 is 11.8 Å². The molecule has 1 aromatic carbocycles. The molecule has 1 aromatic rings. The summed E-state index contributed by atoms with van der Waals surface area (Å²) in [6, 6.07) is 8.60. The van der Waals surface area contributed by atoms with Gasteiger partial charge in [0.25, 0.3) is 0 Å². The summed E-state index contributed by atoms with van der Waals surface area (Å²) in [6.07, 6.45) is 19.6. The van der Waals surface area contributed by atoms with Gasteiger partial charge in [0.15, 0.2) is 0 Å². The maximum absolute atomic E-state index is 13.2. The average molecular weight is 502 g/mol. The zero-order valence-corrected chi connectivity index (χ0v) is 22.8. The second-order valence-electron chi connectivity index (χ2n) is 11.4. The lowest BCUT2D eigenvalue weighted by Gasteiger charge is -2.26. The number of benzene rings is 1. The quantitative estimate of drug-likeness (QED) is 0.214. The molecule has 2 fully saturated rings. The third-order valence-electron chi connectivity index (χ3n) is 8.05. The molecule has 5 heteroatoms. The molecular weight excluding hydrogens is 454 g/mol. The van der Waals surface area contributed by atoms with Crippen molar-refractivity contribution in [2.75, 3.05) is 0 Å². The maximum Gasteiger partial charge on any atom is 0.319 e. The standard InChI is InChI=1S/C30H47NO3S/c1-30(2,29(33)34)35-27-21-18-24(19-22-27)17-20-25(28(32)31-26-15-7-4-8-16-26)14-10-9-13-23-11-5-3-6-12-23/h18-19,21-23,25-26H,3-17,20H2,1-2H3,(H,31,32)(H,33,34). The summed E-state index contributed by atoms with van der Waals surface area (Å²) in [5, 5.41) is 12.8. The molecule has 0 radical (unpaired) electrons. The molecule has 0 aliphatic heterocycles. The molecule has 0 saturated heterocycles. The number of nitrogens with one attached hydrogen (secondary N) is 1. The van der Waals surface area contributed by atoms with Gasteiger partial charge in [-0.25, -0.2) is 0 Å². The molecule has 196 valence electrons.